The number of likely N-dealkylation sites (tertiary alicyclic amines) is 1. The van der Waals surface area contributed by atoms with Crippen molar-refractivity contribution in [3.63, 3.8) is 0 Å². The standard InChI is InChI=1S/C18H27N3O4S/c1-20-9-6-16(7-10-20)21(2)18(22)14-4-3-5-17(12-14)26(23,24)19-15-8-11-25-13-15/h3-5,12,15-16,19H,6-11,13H2,1-2H3/t15-/m1/s1. The van der Waals surface area contributed by atoms with Crippen molar-refractivity contribution in [3.05, 3.63) is 29.8 Å². The Bertz CT molecular complexity index is 739. The molecule has 2 fully saturated rings. The van der Waals surface area contributed by atoms with E-state index < -0.39 is 10.0 Å². The van der Waals surface area contributed by atoms with Crippen LogP contribution in [-0.4, -0.2) is 76.6 Å². The fourth-order valence-electron chi connectivity index (χ4n) is 3.46. The van der Waals surface area contributed by atoms with E-state index in [1.807, 2.05) is 0 Å². The number of sulfonamides is 1. The molecule has 0 spiro atoms. The number of ether oxygens (including phenoxy) is 1. The van der Waals surface area contributed by atoms with E-state index in [4.69, 9.17) is 4.74 Å². The number of nitrogens with zero attached hydrogens (tertiary/aromatic N) is 2. The molecule has 1 atom stereocenters. The topological polar surface area (TPSA) is 79.0 Å². The molecule has 1 amide bonds. The molecule has 0 unspecified atom stereocenters. The third-order valence-corrected chi connectivity index (χ3v) is 6.72. The molecule has 2 saturated heterocycles. The van der Waals surface area contributed by atoms with E-state index in [2.05, 4.69) is 16.7 Å². The molecule has 0 aromatic heterocycles. The van der Waals surface area contributed by atoms with Crippen molar-refractivity contribution in [2.75, 3.05) is 40.4 Å². The molecule has 3 rings (SSSR count). The van der Waals surface area contributed by atoms with Gasteiger partial charge in [-0.05, 0) is 57.6 Å². The summed E-state index contributed by atoms with van der Waals surface area (Å²) in [6, 6.07) is 6.26. The van der Waals surface area contributed by atoms with Crippen molar-refractivity contribution in [2.45, 2.75) is 36.2 Å². The van der Waals surface area contributed by atoms with Gasteiger partial charge in [-0.15, -0.1) is 0 Å². The molecule has 2 aliphatic heterocycles. The van der Waals surface area contributed by atoms with Gasteiger partial charge in [0.05, 0.1) is 11.5 Å². The van der Waals surface area contributed by atoms with Crippen molar-refractivity contribution < 1.29 is 17.9 Å². The Labute approximate surface area is 155 Å². The Kier molecular flexibility index (Phi) is 5.96. The number of carbonyl (C=O) groups is 1. The number of rotatable bonds is 5. The lowest BCUT2D eigenvalue weighted by molar-refractivity contribution is 0.0659. The van der Waals surface area contributed by atoms with Gasteiger partial charge in [0.25, 0.3) is 5.91 Å². The van der Waals surface area contributed by atoms with Crippen molar-refractivity contribution in [1.82, 2.24) is 14.5 Å². The summed E-state index contributed by atoms with van der Waals surface area (Å²) in [6.45, 7) is 2.87. The molecule has 8 heteroatoms. The van der Waals surface area contributed by atoms with E-state index in [0.717, 1.165) is 25.9 Å². The van der Waals surface area contributed by atoms with Crippen LogP contribution >= 0.6 is 0 Å². The van der Waals surface area contributed by atoms with Gasteiger partial charge in [0, 0.05) is 31.3 Å². The first-order valence-electron chi connectivity index (χ1n) is 9.02. The van der Waals surface area contributed by atoms with Crippen molar-refractivity contribution >= 4 is 15.9 Å². The molecule has 2 heterocycles. The number of nitrogens with one attached hydrogen (secondary N) is 1. The van der Waals surface area contributed by atoms with Crippen molar-refractivity contribution in [1.29, 1.82) is 0 Å². The Morgan fingerprint density at radius 2 is 2.00 bits per heavy atom. The fraction of sp³-hybridized carbons (Fsp3) is 0.611. The summed E-state index contributed by atoms with van der Waals surface area (Å²) in [5.74, 6) is -0.138. The highest BCUT2D eigenvalue weighted by atomic mass is 32.2. The predicted octanol–water partition coefficient (Wildman–Crippen LogP) is 0.920. The largest absolute Gasteiger partial charge is 0.380 e. The molecule has 144 valence electrons. The number of carbonyl (C=O) groups excluding carboxylic acids is 1. The Hall–Kier alpha value is -1.48. The Morgan fingerprint density at radius 3 is 2.65 bits per heavy atom. The van der Waals surface area contributed by atoms with E-state index in [-0.39, 0.29) is 22.9 Å². The van der Waals surface area contributed by atoms with E-state index in [1.165, 1.54) is 12.1 Å². The molecule has 1 N–H and O–H groups in total. The minimum Gasteiger partial charge on any atom is -0.380 e. The van der Waals surface area contributed by atoms with Crippen LogP contribution in [0.2, 0.25) is 0 Å². The lowest BCUT2D eigenvalue weighted by Gasteiger charge is -2.35. The van der Waals surface area contributed by atoms with Crippen LogP contribution in [0.15, 0.2) is 29.2 Å². The summed E-state index contributed by atoms with van der Waals surface area (Å²) in [5.41, 5.74) is 0.400. The molecule has 1 aromatic carbocycles. The molecule has 0 radical (unpaired) electrons. The van der Waals surface area contributed by atoms with Gasteiger partial charge in [-0.25, -0.2) is 13.1 Å². The lowest BCUT2D eigenvalue weighted by atomic mass is 10.0. The molecule has 0 saturated carbocycles. The normalized spacial score (nSPS) is 22.5. The molecule has 0 aliphatic carbocycles. The van der Waals surface area contributed by atoms with Gasteiger partial charge in [-0.3, -0.25) is 4.79 Å². The van der Waals surface area contributed by atoms with Gasteiger partial charge < -0.3 is 14.5 Å². The highest BCUT2D eigenvalue weighted by Crippen LogP contribution is 2.19. The van der Waals surface area contributed by atoms with Crippen molar-refractivity contribution in [3.8, 4) is 0 Å². The van der Waals surface area contributed by atoms with Crippen LogP contribution in [0, 0.1) is 0 Å². The fourth-order valence-corrected chi connectivity index (χ4v) is 4.76. The summed E-state index contributed by atoms with van der Waals surface area (Å²) >= 11 is 0. The summed E-state index contributed by atoms with van der Waals surface area (Å²) in [6.07, 6.45) is 2.52. The SMILES string of the molecule is CN1CCC(N(C)C(=O)c2cccc(S(=O)(=O)N[C@@H]3CCOC3)c2)CC1. The molecule has 1 aromatic rings. The van der Waals surface area contributed by atoms with Crippen LogP contribution in [0.1, 0.15) is 29.6 Å². The van der Waals surface area contributed by atoms with E-state index in [0.29, 0.717) is 25.2 Å². The van der Waals surface area contributed by atoms with Crippen LogP contribution in [0.25, 0.3) is 0 Å². The van der Waals surface area contributed by atoms with Gasteiger partial charge in [0.1, 0.15) is 0 Å². The second kappa shape index (κ2) is 8.04. The maximum Gasteiger partial charge on any atom is 0.253 e. The highest BCUT2D eigenvalue weighted by Gasteiger charge is 2.27. The summed E-state index contributed by atoms with van der Waals surface area (Å²) in [4.78, 5) is 16.9. The number of benzene rings is 1. The molecule has 0 bridgehead atoms. The zero-order valence-corrected chi connectivity index (χ0v) is 16.2. The first kappa shape index (κ1) is 19.3. The summed E-state index contributed by atoms with van der Waals surface area (Å²) < 4.78 is 33.0. The van der Waals surface area contributed by atoms with Crippen molar-refractivity contribution in [2.24, 2.45) is 0 Å². The number of hydrogen-bond donors (Lipinski definition) is 1. The zero-order valence-electron chi connectivity index (χ0n) is 15.3. The Balaban J connectivity index is 1.72. The van der Waals surface area contributed by atoms with Gasteiger partial charge in [-0.2, -0.15) is 0 Å². The molecular weight excluding hydrogens is 354 g/mol. The molecule has 7 nitrogen and oxygen atoms in total. The van der Waals surface area contributed by atoms with Crippen LogP contribution in [-0.2, 0) is 14.8 Å². The first-order chi connectivity index (χ1) is 12.4. The molecule has 2 aliphatic rings. The third-order valence-electron chi connectivity index (χ3n) is 5.20. The first-order valence-corrected chi connectivity index (χ1v) is 10.5. The average Bonchev–Trinajstić information content (AvgIpc) is 3.13. The molecular formula is C18H27N3O4S. The van der Waals surface area contributed by atoms with Crippen LogP contribution in [0.5, 0.6) is 0 Å². The smallest absolute Gasteiger partial charge is 0.253 e. The van der Waals surface area contributed by atoms with Gasteiger partial charge in [0.15, 0.2) is 0 Å². The predicted molar refractivity (Wildman–Crippen MR) is 98.6 cm³/mol. The Morgan fingerprint density at radius 1 is 1.27 bits per heavy atom. The maximum absolute atomic E-state index is 12.8. The van der Waals surface area contributed by atoms with Crippen LogP contribution < -0.4 is 4.72 Å². The van der Waals surface area contributed by atoms with E-state index in [1.54, 1.807) is 24.1 Å². The van der Waals surface area contributed by atoms with Gasteiger partial charge in [0.2, 0.25) is 10.0 Å². The molecule has 26 heavy (non-hydrogen) atoms. The number of piperidine rings is 1. The second-order valence-electron chi connectivity index (χ2n) is 7.16. The number of hydrogen-bond acceptors (Lipinski definition) is 5. The monoisotopic (exact) mass is 381 g/mol. The second-order valence-corrected chi connectivity index (χ2v) is 8.87. The maximum atomic E-state index is 12.8. The lowest BCUT2D eigenvalue weighted by Crippen LogP contribution is -2.44. The van der Waals surface area contributed by atoms with Crippen LogP contribution in [0.4, 0.5) is 0 Å². The van der Waals surface area contributed by atoms with Crippen LogP contribution in [0.3, 0.4) is 0 Å². The third kappa shape index (κ3) is 4.43. The van der Waals surface area contributed by atoms with Gasteiger partial charge >= 0.3 is 0 Å². The minimum absolute atomic E-state index is 0.118. The van der Waals surface area contributed by atoms with E-state index >= 15 is 0 Å². The zero-order chi connectivity index (χ0) is 18.7. The minimum atomic E-state index is -3.66. The highest BCUT2D eigenvalue weighted by molar-refractivity contribution is 7.89. The quantitative estimate of drug-likeness (QED) is 0.821. The summed E-state index contributed by atoms with van der Waals surface area (Å²) in [5, 5.41) is 0. The van der Waals surface area contributed by atoms with Gasteiger partial charge in [-0.1, -0.05) is 6.07 Å². The average molecular weight is 381 g/mol. The summed E-state index contributed by atoms with van der Waals surface area (Å²) in [7, 11) is 0.212. The number of amides is 1. The van der Waals surface area contributed by atoms with E-state index in [9.17, 15) is 13.2 Å².